The number of anilines is 1. The van der Waals surface area contributed by atoms with E-state index < -0.39 is 0 Å². The van der Waals surface area contributed by atoms with Gasteiger partial charge in [-0.2, -0.15) is 0 Å². The van der Waals surface area contributed by atoms with E-state index in [1.165, 1.54) is 25.7 Å². The van der Waals surface area contributed by atoms with Crippen LogP contribution < -0.4 is 14.8 Å². The van der Waals surface area contributed by atoms with Crippen LogP contribution in [0.3, 0.4) is 0 Å². The van der Waals surface area contributed by atoms with Crippen molar-refractivity contribution in [1.29, 1.82) is 0 Å². The molecule has 19 heavy (non-hydrogen) atoms. The summed E-state index contributed by atoms with van der Waals surface area (Å²) in [7, 11) is 3.36. The molecule has 0 amide bonds. The molecule has 1 aromatic carbocycles. The minimum Gasteiger partial charge on any atom is -0.497 e. The second-order valence-electron chi connectivity index (χ2n) is 5.62. The fraction of sp³-hybridized carbons (Fsp3) is 0.625. The third-order valence-electron chi connectivity index (χ3n) is 3.99. The molecule has 0 saturated heterocycles. The lowest BCUT2D eigenvalue weighted by atomic mass is 9.82. The highest BCUT2D eigenvalue weighted by Gasteiger charge is 2.18. The molecule has 2 unspecified atom stereocenters. The molecule has 0 aliphatic heterocycles. The second-order valence-corrected chi connectivity index (χ2v) is 5.62. The molecule has 0 bridgehead atoms. The number of benzene rings is 1. The lowest BCUT2D eigenvalue weighted by Gasteiger charge is -2.27. The van der Waals surface area contributed by atoms with E-state index in [0.29, 0.717) is 0 Å². The van der Waals surface area contributed by atoms with Crippen LogP contribution in [0.4, 0.5) is 5.69 Å². The van der Waals surface area contributed by atoms with E-state index in [-0.39, 0.29) is 0 Å². The van der Waals surface area contributed by atoms with Crippen molar-refractivity contribution >= 4 is 5.69 Å². The maximum atomic E-state index is 5.29. The summed E-state index contributed by atoms with van der Waals surface area (Å²) < 4.78 is 10.6. The SMILES string of the molecule is COc1cc(NCC2CCCC(C)C2)cc(OC)c1. The van der Waals surface area contributed by atoms with Crippen molar-refractivity contribution in [2.45, 2.75) is 32.6 Å². The number of ether oxygens (including phenoxy) is 2. The first-order valence-corrected chi connectivity index (χ1v) is 7.18. The third kappa shape index (κ3) is 4.05. The fourth-order valence-corrected chi connectivity index (χ4v) is 2.92. The number of nitrogens with one attached hydrogen (secondary N) is 1. The second kappa shape index (κ2) is 6.69. The van der Waals surface area contributed by atoms with E-state index in [0.717, 1.165) is 35.6 Å². The van der Waals surface area contributed by atoms with Crippen molar-refractivity contribution in [3.05, 3.63) is 18.2 Å². The van der Waals surface area contributed by atoms with Gasteiger partial charge in [-0.15, -0.1) is 0 Å². The molecule has 0 heterocycles. The first-order valence-electron chi connectivity index (χ1n) is 7.18. The maximum Gasteiger partial charge on any atom is 0.124 e. The lowest BCUT2D eigenvalue weighted by Crippen LogP contribution is -2.21. The Kier molecular flexibility index (Phi) is 4.94. The Morgan fingerprint density at radius 2 is 1.79 bits per heavy atom. The van der Waals surface area contributed by atoms with Gasteiger partial charge in [0.25, 0.3) is 0 Å². The van der Waals surface area contributed by atoms with Crippen molar-refractivity contribution in [2.75, 3.05) is 26.1 Å². The molecule has 3 heteroatoms. The van der Waals surface area contributed by atoms with Crippen LogP contribution in [0, 0.1) is 11.8 Å². The summed E-state index contributed by atoms with van der Waals surface area (Å²) in [6.45, 7) is 3.40. The van der Waals surface area contributed by atoms with Gasteiger partial charge in [0.05, 0.1) is 14.2 Å². The molecule has 0 aromatic heterocycles. The molecule has 2 atom stereocenters. The Bertz CT molecular complexity index is 383. The monoisotopic (exact) mass is 263 g/mol. The van der Waals surface area contributed by atoms with Gasteiger partial charge in [0.15, 0.2) is 0 Å². The van der Waals surface area contributed by atoms with E-state index in [1.54, 1.807) is 14.2 Å². The van der Waals surface area contributed by atoms with Gasteiger partial charge in [-0.25, -0.2) is 0 Å². The Morgan fingerprint density at radius 3 is 2.37 bits per heavy atom. The number of rotatable bonds is 5. The molecule has 2 rings (SSSR count). The van der Waals surface area contributed by atoms with Gasteiger partial charge in [-0.3, -0.25) is 0 Å². The van der Waals surface area contributed by atoms with E-state index >= 15 is 0 Å². The van der Waals surface area contributed by atoms with E-state index in [1.807, 2.05) is 18.2 Å². The first-order chi connectivity index (χ1) is 9.21. The topological polar surface area (TPSA) is 30.5 Å². The molecule has 1 aliphatic rings. The van der Waals surface area contributed by atoms with Crippen LogP contribution in [0.2, 0.25) is 0 Å². The molecule has 1 aromatic rings. The molecule has 106 valence electrons. The quantitative estimate of drug-likeness (QED) is 0.872. The highest BCUT2D eigenvalue weighted by Crippen LogP contribution is 2.30. The zero-order valence-corrected chi connectivity index (χ0v) is 12.2. The van der Waals surface area contributed by atoms with Crippen LogP contribution in [-0.4, -0.2) is 20.8 Å². The summed E-state index contributed by atoms with van der Waals surface area (Å²) in [6.07, 6.45) is 5.45. The first kappa shape index (κ1) is 14.0. The van der Waals surface area contributed by atoms with E-state index in [4.69, 9.17) is 9.47 Å². The normalized spacial score (nSPS) is 22.9. The van der Waals surface area contributed by atoms with Gasteiger partial charge in [-0.05, 0) is 24.7 Å². The molecule has 0 radical (unpaired) electrons. The standard InChI is InChI=1S/C16H25NO2/c1-12-5-4-6-13(7-12)11-17-14-8-15(18-2)10-16(9-14)19-3/h8-10,12-13,17H,4-7,11H2,1-3H3. The molecule has 1 saturated carbocycles. The number of hydrogen-bond acceptors (Lipinski definition) is 3. The Hall–Kier alpha value is -1.38. The average molecular weight is 263 g/mol. The van der Waals surface area contributed by atoms with Crippen LogP contribution in [0.15, 0.2) is 18.2 Å². The predicted molar refractivity (Wildman–Crippen MR) is 79.2 cm³/mol. The number of methoxy groups -OCH3 is 2. The van der Waals surface area contributed by atoms with Gasteiger partial charge in [0, 0.05) is 30.4 Å². The molecule has 3 nitrogen and oxygen atoms in total. The Balaban J connectivity index is 1.94. The van der Waals surface area contributed by atoms with Crippen molar-refractivity contribution in [3.63, 3.8) is 0 Å². The number of hydrogen-bond donors (Lipinski definition) is 1. The van der Waals surface area contributed by atoms with Gasteiger partial charge in [-0.1, -0.05) is 19.8 Å². The summed E-state index contributed by atoms with van der Waals surface area (Å²) in [4.78, 5) is 0. The minimum atomic E-state index is 0.793. The lowest BCUT2D eigenvalue weighted by molar-refractivity contribution is 0.293. The molecule has 1 fully saturated rings. The predicted octanol–water partition coefficient (Wildman–Crippen LogP) is 3.94. The van der Waals surface area contributed by atoms with Gasteiger partial charge >= 0.3 is 0 Å². The summed E-state index contributed by atoms with van der Waals surface area (Å²) in [5.74, 6) is 3.33. The zero-order valence-electron chi connectivity index (χ0n) is 12.2. The maximum absolute atomic E-state index is 5.29. The molecular formula is C16H25NO2. The largest absolute Gasteiger partial charge is 0.497 e. The van der Waals surface area contributed by atoms with Crippen molar-refractivity contribution in [1.82, 2.24) is 0 Å². The van der Waals surface area contributed by atoms with E-state index in [2.05, 4.69) is 12.2 Å². The average Bonchev–Trinajstić information content (AvgIpc) is 2.44. The minimum absolute atomic E-state index is 0.793. The fourth-order valence-electron chi connectivity index (χ4n) is 2.92. The molecular weight excluding hydrogens is 238 g/mol. The highest BCUT2D eigenvalue weighted by atomic mass is 16.5. The smallest absolute Gasteiger partial charge is 0.124 e. The van der Waals surface area contributed by atoms with E-state index in [9.17, 15) is 0 Å². The summed E-state index contributed by atoms with van der Waals surface area (Å²) in [6, 6.07) is 5.94. The Morgan fingerprint density at radius 1 is 1.11 bits per heavy atom. The Labute approximate surface area is 116 Å². The third-order valence-corrected chi connectivity index (χ3v) is 3.99. The highest BCUT2D eigenvalue weighted by molar-refractivity contribution is 5.53. The van der Waals surface area contributed by atoms with Crippen LogP contribution >= 0.6 is 0 Å². The van der Waals surface area contributed by atoms with Gasteiger partial charge < -0.3 is 14.8 Å². The van der Waals surface area contributed by atoms with Crippen molar-refractivity contribution in [3.8, 4) is 11.5 Å². The van der Waals surface area contributed by atoms with Gasteiger partial charge in [0.2, 0.25) is 0 Å². The molecule has 1 aliphatic carbocycles. The van der Waals surface area contributed by atoms with Crippen molar-refractivity contribution in [2.24, 2.45) is 11.8 Å². The van der Waals surface area contributed by atoms with Crippen LogP contribution in [0.25, 0.3) is 0 Å². The summed E-state index contributed by atoms with van der Waals surface area (Å²) in [5.41, 5.74) is 1.08. The summed E-state index contributed by atoms with van der Waals surface area (Å²) in [5, 5.41) is 3.52. The zero-order chi connectivity index (χ0) is 13.7. The van der Waals surface area contributed by atoms with Crippen LogP contribution in [0.5, 0.6) is 11.5 Å². The van der Waals surface area contributed by atoms with Crippen molar-refractivity contribution < 1.29 is 9.47 Å². The molecule has 1 N–H and O–H groups in total. The van der Waals surface area contributed by atoms with Crippen LogP contribution in [0.1, 0.15) is 32.6 Å². The van der Waals surface area contributed by atoms with Gasteiger partial charge in [0.1, 0.15) is 11.5 Å². The summed E-state index contributed by atoms with van der Waals surface area (Å²) >= 11 is 0. The van der Waals surface area contributed by atoms with Crippen LogP contribution in [-0.2, 0) is 0 Å². The molecule has 0 spiro atoms.